The molecule has 1 aromatic carbocycles. The van der Waals surface area contributed by atoms with Gasteiger partial charge in [-0.25, -0.2) is 9.97 Å². The van der Waals surface area contributed by atoms with Gasteiger partial charge >= 0.3 is 0 Å². The molecule has 23 heavy (non-hydrogen) atoms. The van der Waals surface area contributed by atoms with E-state index in [-0.39, 0.29) is 0 Å². The molecule has 4 rings (SSSR count). The van der Waals surface area contributed by atoms with Crippen molar-refractivity contribution >= 4 is 11.2 Å². The minimum absolute atomic E-state index is 0.363. The standard InChI is InChI=1S/C19H21N3O/c1-14-6-2-3-7-15(14)12-22-18(16-8-5-11-23-13-16)21-17-9-4-10-20-19(17)22/h2-4,6-7,9-10,16H,5,8,11-13H2,1H3. The summed E-state index contributed by atoms with van der Waals surface area (Å²) >= 11 is 0. The van der Waals surface area contributed by atoms with E-state index < -0.39 is 0 Å². The summed E-state index contributed by atoms with van der Waals surface area (Å²) in [4.78, 5) is 9.46. The van der Waals surface area contributed by atoms with E-state index in [0.29, 0.717) is 5.92 Å². The number of nitrogens with zero attached hydrogens (tertiary/aromatic N) is 3. The number of aryl methyl sites for hydroxylation is 1. The number of ether oxygens (including phenoxy) is 1. The van der Waals surface area contributed by atoms with Crippen molar-refractivity contribution in [2.24, 2.45) is 0 Å². The molecular formula is C19H21N3O. The molecule has 0 bridgehead atoms. The zero-order chi connectivity index (χ0) is 15.6. The average Bonchev–Trinajstić information content (AvgIpc) is 2.96. The molecule has 118 valence electrons. The fourth-order valence-electron chi connectivity index (χ4n) is 3.35. The molecule has 1 aliphatic heterocycles. The second kappa shape index (κ2) is 6.13. The highest BCUT2D eigenvalue weighted by Gasteiger charge is 2.23. The van der Waals surface area contributed by atoms with Crippen LogP contribution in [0.25, 0.3) is 11.2 Å². The largest absolute Gasteiger partial charge is 0.381 e. The summed E-state index contributed by atoms with van der Waals surface area (Å²) in [6.07, 6.45) is 4.09. The Hall–Kier alpha value is -2.20. The van der Waals surface area contributed by atoms with Crippen LogP contribution in [0, 0.1) is 6.92 Å². The summed E-state index contributed by atoms with van der Waals surface area (Å²) < 4.78 is 7.96. The van der Waals surface area contributed by atoms with Crippen LogP contribution in [0.15, 0.2) is 42.6 Å². The number of hydrogen-bond acceptors (Lipinski definition) is 3. The Balaban J connectivity index is 1.81. The first-order chi connectivity index (χ1) is 11.3. The summed E-state index contributed by atoms with van der Waals surface area (Å²) in [6, 6.07) is 12.5. The molecule has 0 spiro atoms. The molecule has 3 heterocycles. The molecule has 1 unspecified atom stereocenters. The van der Waals surface area contributed by atoms with Crippen LogP contribution < -0.4 is 0 Å². The molecule has 2 aromatic heterocycles. The highest BCUT2D eigenvalue weighted by atomic mass is 16.5. The van der Waals surface area contributed by atoms with Gasteiger partial charge in [0.05, 0.1) is 13.2 Å². The van der Waals surface area contributed by atoms with Gasteiger partial charge in [0.25, 0.3) is 0 Å². The lowest BCUT2D eigenvalue weighted by Crippen LogP contribution is -2.20. The highest BCUT2D eigenvalue weighted by molar-refractivity contribution is 5.71. The van der Waals surface area contributed by atoms with E-state index in [0.717, 1.165) is 49.6 Å². The van der Waals surface area contributed by atoms with Crippen LogP contribution in [0.2, 0.25) is 0 Å². The minimum atomic E-state index is 0.363. The predicted molar refractivity (Wildman–Crippen MR) is 90.6 cm³/mol. The van der Waals surface area contributed by atoms with Crippen molar-refractivity contribution in [1.82, 2.24) is 14.5 Å². The fourth-order valence-corrected chi connectivity index (χ4v) is 3.35. The highest BCUT2D eigenvalue weighted by Crippen LogP contribution is 2.28. The summed E-state index contributed by atoms with van der Waals surface area (Å²) in [5.74, 6) is 1.48. The maximum atomic E-state index is 5.69. The maximum absolute atomic E-state index is 5.69. The van der Waals surface area contributed by atoms with Crippen molar-refractivity contribution in [1.29, 1.82) is 0 Å². The van der Waals surface area contributed by atoms with E-state index >= 15 is 0 Å². The van der Waals surface area contributed by atoms with E-state index in [4.69, 9.17) is 9.72 Å². The Labute approximate surface area is 136 Å². The van der Waals surface area contributed by atoms with Gasteiger partial charge in [0.1, 0.15) is 11.3 Å². The number of aromatic nitrogens is 3. The lowest BCUT2D eigenvalue weighted by atomic mass is 10.0. The Kier molecular flexibility index (Phi) is 3.83. The Bertz CT molecular complexity index is 818. The quantitative estimate of drug-likeness (QED) is 0.741. The topological polar surface area (TPSA) is 39.9 Å². The van der Waals surface area contributed by atoms with Crippen LogP contribution in [-0.2, 0) is 11.3 Å². The summed E-state index contributed by atoms with van der Waals surface area (Å²) in [7, 11) is 0. The average molecular weight is 307 g/mol. The number of hydrogen-bond donors (Lipinski definition) is 0. The molecule has 0 aliphatic carbocycles. The molecule has 1 aliphatic rings. The molecule has 1 atom stereocenters. The molecule has 0 saturated carbocycles. The SMILES string of the molecule is Cc1ccccc1Cn1c(C2CCCOC2)nc2cccnc21. The Morgan fingerprint density at radius 3 is 2.96 bits per heavy atom. The molecule has 0 amide bonds. The van der Waals surface area contributed by atoms with Crippen molar-refractivity contribution in [2.45, 2.75) is 32.2 Å². The number of imidazole rings is 1. The maximum Gasteiger partial charge on any atom is 0.160 e. The molecule has 1 fully saturated rings. The van der Waals surface area contributed by atoms with Gasteiger partial charge in [-0.1, -0.05) is 24.3 Å². The molecule has 4 heteroatoms. The van der Waals surface area contributed by atoms with Crippen molar-refractivity contribution < 1.29 is 4.74 Å². The fraction of sp³-hybridized carbons (Fsp3) is 0.368. The lowest BCUT2D eigenvalue weighted by molar-refractivity contribution is 0.0772. The minimum Gasteiger partial charge on any atom is -0.381 e. The third kappa shape index (κ3) is 2.75. The van der Waals surface area contributed by atoms with E-state index in [1.807, 2.05) is 18.3 Å². The third-order valence-electron chi connectivity index (χ3n) is 4.65. The van der Waals surface area contributed by atoms with Crippen LogP contribution in [0.3, 0.4) is 0 Å². The van der Waals surface area contributed by atoms with Crippen LogP contribution in [0.1, 0.15) is 35.7 Å². The molecule has 4 nitrogen and oxygen atoms in total. The van der Waals surface area contributed by atoms with Gasteiger partial charge in [-0.3, -0.25) is 0 Å². The normalized spacial score (nSPS) is 18.4. The van der Waals surface area contributed by atoms with Crippen LogP contribution in [0.5, 0.6) is 0 Å². The second-order valence-electron chi connectivity index (χ2n) is 6.24. The van der Waals surface area contributed by atoms with E-state index in [2.05, 4.69) is 40.7 Å². The first kappa shape index (κ1) is 14.4. The molecular weight excluding hydrogens is 286 g/mol. The van der Waals surface area contributed by atoms with Gasteiger partial charge in [-0.15, -0.1) is 0 Å². The van der Waals surface area contributed by atoms with Gasteiger partial charge in [0.2, 0.25) is 0 Å². The van der Waals surface area contributed by atoms with E-state index in [1.54, 1.807) is 0 Å². The molecule has 0 radical (unpaired) electrons. The lowest BCUT2D eigenvalue weighted by Gasteiger charge is -2.22. The predicted octanol–water partition coefficient (Wildman–Crippen LogP) is 3.68. The number of benzene rings is 1. The van der Waals surface area contributed by atoms with Gasteiger partial charge in [-0.2, -0.15) is 0 Å². The van der Waals surface area contributed by atoms with Crippen LogP contribution >= 0.6 is 0 Å². The van der Waals surface area contributed by atoms with Crippen molar-refractivity contribution in [2.75, 3.05) is 13.2 Å². The van der Waals surface area contributed by atoms with Gasteiger partial charge in [-0.05, 0) is 43.0 Å². The molecule has 1 saturated heterocycles. The van der Waals surface area contributed by atoms with Crippen molar-refractivity contribution in [3.05, 3.63) is 59.5 Å². The number of pyridine rings is 1. The van der Waals surface area contributed by atoms with E-state index in [1.165, 1.54) is 11.1 Å². The zero-order valence-corrected chi connectivity index (χ0v) is 13.4. The van der Waals surface area contributed by atoms with Gasteiger partial charge in [0, 0.05) is 18.7 Å². The zero-order valence-electron chi connectivity index (χ0n) is 13.4. The Morgan fingerprint density at radius 1 is 1.22 bits per heavy atom. The van der Waals surface area contributed by atoms with Crippen molar-refractivity contribution in [3.8, 4) is 0 Å². The molecule has 0 N–H and O–H groups in total. The van der Waals surface area contributed by atoms with Crippen LogP contribution in [-0.4, -0.2) is 27.7 Å². The number of rotatable bonds is 3. The van der Waals surface area contributed by atoms with Crippen molar-refractivity contribution in [3.63, 3.8) is 0 Å². The number of fused-ring (bicyclic) bond motifs is 1. The van der Waals surface area contributed by atoms with Gasteiger partial charge < -0.3 is 9.30 Å². The third-order valence-corrected chi connectivity index (χ3v) is 4.65. The smallest absolute Gasteiger partial charge is 0.160 e. The summed E-state index contributed by atoms with van der Waals surface area (Å²) in [6.45, 7) is 4.60. The summed E-state index contributed by atoms with van der Waals surface area (Å²) in [5, 5.41) is 0. The molecule has 3 aromatic rings. The van der Waals surface area contributed by atoms with Crippen LogP contribution in [0.4, 0.5) is 0 Å². The Morgan fingerprint density at radius 2 is 2.13 bits per heavy atom. The monoisotopic (exact) mass is 307 g/mol. The van der Waals surface area contributed by atoms with Gasteiger partial charge in [0.15, 0.2) is 5.65 Å². The second-order valence-corrected chi connectivity index (χ2v) is 6.24. The first-order valence-corrected chi connectivity index (χ1v) is 8.26. The summed E-state index contributed by atoms with van der Waals surface area (Å²) in [5.41, 5.74) is 4.56. The first-order valence-electron chi connectivity index (χ1n) is 8.26. The van der Waals surface area contributed by atoms with E-state index in [9.17, 15) is 0 Å².